The van der Waals surface area contributed by atoms with E-state index in [4.69, 9.17) is 0 Å². The van der Waals surface area contributed by atoms with Gasteiger partial charge in [0.15, 0.2) is 0 Å². The Morgan fingerprint density at radius 1 is 1.17 bits per heavy atom. The van der Waals surface area contributed by atoms with Crippen molar-refractivity contribution in [2.45, 2.75) is 76.8 Å². The van der Waals surface area contributed by atoms with E-state index in [9.17, 15) is 4.79 Å². The van der Waals surface area contributed by atoms with E-state index in [1.165, 1.54) is 67.4 Å². The van der Waals surface area contributed by atoms with E-state index in [2.05, 4.69) is 17.6 Å². The van der Waals surface area contributed by atoms with Gasteiger partial charge in [-0.2, -0.15) is 0 Å². The standard InChI is InChI=1S/C18H26N2OS.ClH/c1-11-13-7-3-5-9-16(13)22-18(11)20-17(21)15-10-12-6-2-4-8-14(12)19-15;/h12,14-15,19H,2-10H2,1H3,(H,20,21);1H. The van der Waals surface area contributed by atoms with Crippen LogP contribution in [0.15, 0.2) is 0 Å². The minimum absolute atomic E-state index is 0. The number of amides is 1. The second-order valence-corrected chi connectivity index (χ2v) is 8.37. The van der Waals surface area contributed by atoms with Gasteiger partial charge in [-0.05, 0) is 68.9 Å². The molecule has 3 atom stereocenters. The zero-order valence-corrected chi connectivity index (χ0v) is 15.5. The van der Waals surface area contributed by atoms with E-state index in [0.717, 1.165) is 17.3 Å². The summed E-state index contributed by atoms with van der Waals surface area (Å²) in [6.45, 7) is 2.18. The lowest BCUT2D eigenvalue weighted by molar-refractivity contribution is -0.117. The maximum absolute atomic E-state index is 12.7. The first-order valence-electron chi connectivity index (χ1n) is 8.90. The zero-order valence-electron chi connectivity index (χ0n) is 13.8. The average Bonchev–Trinajstić information content (AvgIpc) is 3.10. The third-order valence-corrected chi connectivity index (χ3v) is 7.16. The molecule has 2 fully saturated rings. The Hall–Kier alpha value is -0.580. The molecule has 2 heterocycles. The SMILES string of the molecule is Cc1c(NC(=O)C2CC3CCCCC3N2)sc2c1CCCC2.Cl. The van der Waals surface area contributed by atoms with Crippen LogP contribution in [0.25, 0.3) is 0 Å². The van der Waals surface area contributed by atoms with Gasteiger partial charge in [-0.1, -0.05) is 12.8 Å². The number of fused-ring (bicyclic) bond motifs is 2. The van der Waals surface area contributed by atoms with Crippen molar-refractivity contribution < 1.29 is 4.79 Å². The lowest BCUT2D eigenvalue weighted by Crippen LogP contribution is -2.39. The molecule has 2 aliphatic carbocycles. The fourth-order valence-electron chi connectivity index (χ4n) is 4.56. The molecule has 1 aliphatic heterocycles. The lowest BCUT2D eigenvalue weighted by atomic mass is 9.85. The molecule has 1 aromatic heterocycles. The second kappa shape index (κ2) is 7.12. The summed E-state index contributed by atoms with van der Waals surface area (Å²) in [4.78, 5) is 14.2. The van der Waals surface area contributed by atoms with Crippen molar-refractivity contribution >= 4 is 34.7 Å². The van der Waals surface area contributed by atoms with E-state index >= 15 is 0 Å². The maximum atomic E-state index is 12.7. The van der Waals surface area contributed by atoms with Gasteiger partial charge >= 0.3 is 0 Å². The number of halogens is 1. The molecule has 0 radical (unpaired) electrons. The van der Waals surface area contributed by atoms with E-state index in [1.54, 1.807) is 0 Å². The van der Waals surface area contributed by atoms with Crippen LogP contribution >= 0.6 is 23.7 Å². The van der Waals surface area contributed by atoms with Crippen molar-refractivity contribution in [3.05, 3.63) is 16.0 Å². The Bertz CT molecular complexity index is 572. The Morgan fingerprint density at radius 3 is 2.74 bits per heavy atom. The fourth-order valence-corrected chi connectivity index (χ4v) is 5.86. The molecule has 1 aromatic rings. The normalized spacial score (nSPS) is 29.3. The van der Waals surface area contributed by atoms with E-state index in [1.807, 2.05) is 11.3 Å². The molecule has 5 heteroatoms. The molecule has 1 amide bonds. The Labute approximate surface area is 149 Å². The van der Waals surface area contributed by atoms with Crippen molar-refractivity contribution in [2.75, 3.05) is 5.32 Å². The second-order valence-electron chi connectivity index (χ2n) is 7.26. The maximum Gasteiger partial charge on any atom is 0.242 e. The van der Waals surface area contributed by atoms with Gasteiger partial charge in [-0.15, -0.1) is 23.7 Å². The first-order chi connectivity index (χ1) is 10.7. The molecule has 3 nitrogen and oxygen atoms in total. The summed E-state index contributed by atoms with van der Waals surface area (Å²) in [5, 5.41) is 7.93. The van der Waals surface area contributed by atoms with Crippen molar-refractivity contribution in [1.29, 1.82) is 0 Å². The highest BCUT2D eigenvalue weighted by Crippen LogP contribution is 2.38. The number of hydrogen-bond donors (Lipinski definition) is 2. The highest BCUT2D eigenvalue weighted by molar-refractivity contribution is 7.16. The van der Waals surface area contributed by atoms with Gasteiger partial charge in [0.05, 0.1) is 11.0 Å². The van der Waals surface area contributed by atoms with Gasteiger partial charge in [0.2, 0.25) is 5.91 Å². The van der Waals surface area contributed by atoms with Crippen molar-refractivity contribution in [1.82, 2.24) is 5.32 Å². The van der Waals surface area contributed by atoms with Crippen molar-refractivity contribution in [3.8, 4) is 0 Å². The largest absolute Gasteiger partial charge is 0.316 e. The quantitative estimate of drug-likeness (QED) is 0.835. The molecule has 4 rings (SSSR count). The Morgan fingerprint density at radius 2 is 1.96 bits per heavy atom. The molecular weight excluding hydrogens is 328 g/mol. The highest BCUT2D eigenvalue weighted by atomic mass is 35.5. The van der Waals surface area contributed by atoms with Gasteiger partial charge in [-0.25, -0.2) is 0 Å². The smallest absolute Gasteiger partial charge is 0.242 e. The van der Waals surface area contributed by atoms with Gasteiger partial charge in [-0.3, -0.25) is 4.79 Å². The topological polar surface area (TPSA) is 41.1 Å². The predicted molar refractivity (Wildman–Crippen MR) is 98.9 cm³/mol. The number of carbonyl (C=O) groups excluding carboxylic acids is 1. The number of carbonyl (C=O) groups is 1. The van der Waals surface area contributed by atoms with Crippen LogP contribution in [0.4, 0.5) is 5.00 Å². The fraction of sp³-hybridized carbons (Fsp3) is 0.722. The molecule has 1 saturated heterocycles. The van der Waals surface area contributed by atoms with Crippen LogP contribution in [-0.2, 0) is 17.6 Å². The summed E-state index contributed by atoms with van der Waals surface area (Å²) in [6, 6.07) is 0.605. The monoisotopic (exact) mass is 354 g/mol. The first kappa shape index (κ1) is 17.2. The minimum Gasteiger partial charge on any atom is -0.316 e. The predicted octanol–water partition coefficient (Wildman–Crippen LogP) is 4.22. The van der Waals surface area contributed by atoms with Crippen LogP contribution in [0.3, 0.4) is 0 Å². The van der Waals surface area contributed by atoms with Crippen LogP contribution in [0.2, 0.25) is 0 Å². The molecular formula is C18H27ClN2OS. The van der Waals surface area contributed by atoms with Gasteiger partial charge in [0.1, 0.15) is 0 Å². The van der Waals surface area contributed by atoms with E-state index < -0.39 is 0 Å². The molecule has 3 unspecified atom stereocenters. The molecule has 3 aliphatic rings. The Balaban J connectivity index is 0.00000156. The van der Waals surface area contributed by atoms with E-state index in [0.29, 0.717) is 6.04 Å². The number of aryl methyl sites for hydroxylation is 1. The number of hydrogen-bond acceptors (Lipinski definition) is 3. The molecule has 0 spiro atoms. The van der Waals surface area contributed by atoms with Gasteiger partial charge < -0.3 is 10.6 Å². The first-order valence-corrected chi connectivity index (χ1v) is 9.72. The van der Waals surface area contributed by atoms with Crippen LogP contribution < -0.4 is 10.6 Å². The van der Waals surface area contributed by atoms with Crippen molar-refractivity contribution in [2.24, 2.45) is 5.92 Å². The number of nitrogens with one attached hydrogen (secondary N) is 2. The zero-order chi connectivity index (χ0) is 15.1. The summed E-state index contributed by atoms with van der Waals surface area (Å²) in [5.74, 6) is 0.915. The van der Waals surface area contributed by atoms with Gasteiger partial charge in [0, 0.05) is 10.9 Å². The molecule has 128 valence electrons. The molecule has 0 bridgehead atoms. The molecule has 0 aromatic carbocycles. The molecule has 23 heavy (non-hydrogen) atoms. The third-order valence-electron chi connectivity index (χ3n) is 5.85. The summed E-state index contributed by atoms with van der Waals surface area (Å²) in [7, 11) is 0. The summed E-state index contributed by atoms with van der Waals surface area (Å²) in [5.41, 5.74) is 2.84. The summed E-state index contributed by atoms with van der Waals surface area (Å²) >= 11 is 1.81. The third kappa shape index (κ3) is 3.31. The van der Waals surface area contributed by atoms with Crippen LogP contribution in [0, 0.1) is 12.8 Å². The minimum atomic E-state index is 0. The number of thiophene rings is 1. The van der Waals surface area contributed by atoms with Crippen LogP contribution in [0.5, 0.6) is 0 Å². The molecule has 2 N–H and O–H groups in total. The Kier molecular flexibility index (Phi) is 5.34. The van der Waals surface area contributed by atoms with Crippen molar-refractivity contribution in [3.63, 3.8) is 0 Å². The average molecular weight is 355 g/mol. The van der Waals surface area contributed by atoms with Crippen LogP contribution in [-0.4, -0.2) is 18.0 Å². The number of anilines is 1. The number of rotatable bonds is 2. The van der Waals surface area contributed by atoms with E-state index in [-0.39, 0.29) is 24.4 Å². The summed E-state index contributed by atoms with van der Waals surface area (Å²) in [6.07, 6.45) is 11.2. The summed E-state index contributed by atoms with van der Waals surface area (Å²) < 4.78 is 0. The van der Waals surface area contributed by atoms with Gasteiger partial charge in [0.25, 0.3) is 0 Å². The lowest BCUT2D eigenvalue weighted by Gasteiger charge is -2.24. The van der Waals surface area contributed by atoms with Crippen LogP contribution in [0.1, 0.15) is 60.9 Å². The molecule has 1 saturated carbocycles. The highest BCUT2D eigenvalue weighted by Gasteiger charge is 2.38.